The molecule has 2 aliphatic carbocycles. The Balaban J connectivity index is 1.48. The van der Waals surface area contributed by atoms with Crippen LogP contribution in [-0.2, 0) is 16.1 Å². The first kappa shape index (κ1) is 22.5. The van der Waals surface area contributed by atoms with Gasteiger partial charge in [-0.25, -0.2) is 23.5 Å². The highest BCUT2D eigenvalue weighted by Gasteiger charge is 2.61. The van der Waals surface area contributed by atoms with E-state index >= 15 is 0 Å². The smallest absolute Gasteiger partial charge is 0.347 e. The van der Waals surface area contributed by atoms with Crippen molar-refractivity contribution in [3.8, 4) is 12.3 Å². The summed E-state index contributed by atoms with van der Waals surface area (Å²) in [5.41, 5.74) is 0.152. The normalized spacial score (nSPS) is 33.0. The van der Waals surface area contributed by atoms with Crippen molar-refractivity contribution in [2.24, 2.45) is 17.0 Å². The maximum Gasteiger partial charge on any atom is 0.347 e. The Labute approximate surface area is 193 Å². The van der Waals surface area contributed by atoms with Gasteiger partial charge in [0.2, 0.25) is 0 Å². The summed E-state index contributed by atoms with van der Waals surface area (Å²) in [4.78, 5) is 32.6. The molecule has 9 heteroatoms. The van der Waals surface area contributed by atoms with E-state index in [1.165, 1.54) is 20.4 Å². The number of hydrogen-bond donors (Lipinski definition) is 1. The third kappa shape index (κ3) is 3.77. The van der Waals surface area contributed by atoms with Gasteiger partial charge in [0.05, 0.1) is 11.8 Å². The molecule has 0 unspecified atom stereocenters. The standard InChI is InChI=1S/C24H34N4O5/c1-3-5-9-14-32-25-18-16-12-13-26-23(30)27(17(4-2)15-10-7-6-8-11-15)24(31)28(26)19(16)20(29)22-21(18)33-22/h1,15-17,19-22,29H,4-14H2,2H3/b25-18-/t16-,17+,19-,20+,21-,22+/m1/s1. The fourth-order valence-corrected chi connectivity index (χ4v) is 6.35. The van der Waals surface area contributed by atoms with Crippen LogP contribution in [-0.4, -0.2) is 49.7 Å². The maximum atomic E-state index is 13.7. The number of aliphatic hydroxyl groups is 1. The number of epoxide rings is 1. The number of nitrogens with zero attached hydrogens (tertiary/aromatic N) is 4. The lowest BCUT2D eigenvalue weighted by molar-refractivity contribution is 0.0322. The van der Waals surface area contributed by atoms with Crippen molar-refractivity contribution in [2.45, 2.75) is 102 Å². The van der Waals surface area contributed by atoms with Crippen LogP contribution in [0.5, 0.6) is 0 Å². The first-order valence-corrected chi connectivity index (χ1v) is 12.5. The average molecular weight is 459 g/mol. The highest BCUT2D eigenvalue weighted by Crippen LogP contribution is 2.46. The van der Waals surface area contributed by atoms with E-state index in [-0.39, 0.29) is 29.4 Å². The molecule has 3 fully saturated rings. The lowest BCUT2D eigenvalue weighted by Crippen LogP contribution is -2.53. The zero-order valence-electron chi connectivity index (χ0n) is 19.3. The van der Waals surface area contributed by atoms with Crippen molar-refractivity contribution in [2.75, 3.05) is 6.61 Å². The second kappa shape index (κ2) is 9.15. The first-order chi connectivity index (χ1) is 16.1. The second-order valence-electron chi connectivity index (χ2n) is 9.83. The van der Waals surface area contributed by atoms with Crippen LogP contribution >= 0.6 is 0 Å². The fourth-order valence-electron chi connectivity index (χ4n) is 6.35. The van der Waals surface area contributed by atoms with Gasteiger partial charge in [-0.05, 0) is 38.0 Å². The summed E-state index contributed by atoms with van der Waals surface area (Å²) in [5, 5.41) is 15.4. The molecule has 33 heavy (non-hydrogen) atoms. The molecule has 6 atom stereocenters. The summed E-state index contributed by atoms with van der Waals surface area (Å²) < 4.78 is 10.2. The van der Waals surface area contributed by atoms with Crippen molar-refractivity contribution in [3.05, 3.63) is 21.0 Å². The first-order valence-electron chi connectivity index (χ1n) is 12.5. The zero-order valence-corrected chi connectivity index (χ0v) is 19.3. The summed E-state index contributed by atoms with van der Waals surface area (Å²) in [5.74, 6) is 2.71. The molecule has 4 aliphatic rings. The molecular formula is C24H34N4O5. The monoisotopic (exact) mass is 458 g/mol. The van der Waals surface area contributed by atoms with Gasteiger partial charge in [-0.1, -0.05) is 31.3 Å². The molecule has 9 nitrogen and oxygen atoms in total. The molecule has 0 radical (unpaired) electrons. The Morgan fingerprint density at radius 1 is 1.24 bits per heavy atom. The van der Waals surface area contributed by atoms with E-state index in [0.29, 0.717) is 38.3 Å². The van der Waals surface area contributed by atoms with Gasteiger partial charge < -0.3 is 14.7 Å². The summed E-state index contributed by atoms with van der Waals surface area (Å²) in [6.07, 6.45) is 12.0. The molecule has 0 aromatic carbocycles. The number of rotatable bonds is 7. The van der Waals surface area contributed by atoms with Crippen molar-refractivity contribution >= 4 is 5.71 Å². The van der Waals surface area contributed by atoms with Crippen LogP contribution < -0.4 is 11.4 Å². The molecule has 5 rings (SSSR count). The minimum Gasteiger partial charge on any atom is -0.396 e. The molecule has 1 aromatic rings. The molecule has 3 heterocycles. The Bertz CT molecular complexity index is 1060. The number of aliphatic hydroxyl groups excluding tert-OH is 1. The molecular weight excluding hydrogens is 424 g/mol. The third-order valence-corrected chi connectivity index (χ3v) is 7.99. The lowest BCUT2D eigenvalue weighted by Gasteiger charge is -2.38. The van der Waals surface area contributed by atoms with E-state index in [9.17, 15) is 14.7 Å². The predicted octanol–water partition coefficient (Wildman–Crippen LogP) is 1.83. The summed E-state index contributed by atoms with van der Waals surface area (Å²) in [6, 6.07) is -0.687. The van der Waals surface area contributed by atoms with Gasteiger partial charge in [0, 0.05) is 24.9 Å². The van der Waals surface area contributed by atoms with Gasteiger partial charge in [-0.2, -0.15) is 0 Å². The van der Waals surface area contributed by atoms with Crippen LogP contribution in [0.4, 0.5) is 0 Å². The Hall–Kier alpha value is -2.31. The minimum atomic E-state index is -0.866. The van der Waals surface area contributed by atoms with Crippen LogP contribution in [0.25, 0.3) is 0 Å². The van der Waals surface area contributed by atoms with E-state index in [0.717, 1.165) is 37.8 Å². The molecule has 0 amide bonds. The number of fused-ring (bicyclic) bond motifs is 4. The van der Waals surface area contributed by atoms with Gasteiger partial charge in [0.1, 0.15) is 24.9 Å². The predicted molar refractivity (Wildman–Crippen MR) is 122 cm³/mol. The van der Waals surface area contributed by atoms with Crippen LogP contribution in [0.1, 0.15) is 76.8 Å². The van der Waals surface area contributed by atoms with E-state index < -0.39 is 18.2 Å². The van der Waals surface area contributed by atoms with Crippen molar-refractivity contribution in [3.63, 3.8) is 0 Å². The number of ether oxygens (including phenoxy) is 1. The largest absolute Gasteiger partial charge is 0.396 e. The molecule has 2 saturated carbocycles. The van der Waals surface area contributed by atoms with Gasteiger partial charge in [0.25, 0.3) is 0 Å². The van der Waals surface area contributed by atoms with E-state index in [1.54, 1.807) is 0 Å². The number of oxime groups is 1. The topological polar surface area (TPSA) is 103 Å². The number of unbranched alkanes of at least 4 members (excludes halogenated alkanes) is 1. The van der Waals surface area contributed by atoms with Gasteiger partial charge in [-0.3, -0.25) is 0 Å². The fraction of sp³-hybridized carbons (Fsp3) is 0.792. The highest BCUT2D eigenvalue weighted by molar-refractivity contribution is 5.94. The van der Waals surface area contributed by atoms with E-state index in [4.69, 9.17) is 16.0 Å². The third-order valence-electron chi connectivity index (χ3n) is 7.99. The molecule has 2 aliphatic heterocycles. The number of hydrogen-bond acceptors (Lipinski definition) is 6. The Morgan fingerprint density at radius 3 is 2.76 bits per heavy atom. The number of terminal acetylenes is 1. The van der Waals surface area contributed by atoms with E-state index in [2.05, 4.69) is 18.0 Å². The maximum absolute atomic E-state index is 13.7. The van der Waals surface area contributed by atoms with Crippen LogP contribution in [0, 0.1) is 24.2 Å². The van der Waals surface area contributed by atoms with Crippen LogP contribution in [0.15, 0.2) is 14.7 Å². The summed E-state index contributed by atoms with van der Waals surface area (Å²) >= 11 is 0. The van der Waals surface area contributed by atoms with E-state index in [1.807, 2.05) is 0 Å². The quantitative estimate of drug-likeness (QED) is 0.291. The summed E-state index contributed by atoms with van der Waals surface area (Å²) in [6.45, 7) is 2.87. The van der Waals surface area contributed by atoms with Crippen LogP contribution in [0.3, 0.4) is 0 Å². The highest BCUT2D eigenvalue weighted by atomic mass is 16.6. The van der Waals surface area contributed by atoms with Crippen molar-refractivity contribution in [1.29, 1.82) is 0 Å². The van der Waals surface area contributed by atoms with Crippen LogP contribution in [0.2, 0.25) is 0 Å². The number of aromatic nitrogens is 3. The van der Waals surface area contributed by atoms with Gasteiger partial charge in [0.15, 0.2) is 0 Å². The molecule has 180 valence electrons. The van der Waals surface area contributed by atoms with Gasteiger partial charge >= 0.3 is 11.4 Å². The van der Waals surface area contributed by atoms with Crippen molar-refractivity contribution < 1.29 is 14.7 Å². The molecule has 1 saturated heterocycles. The Kier molecular flexibility index (Phi) is 6.23. The minimum absolute atomic E-state index is 0.104. The molecule has 0 bridgehead atoms. The summed E-state index contributed by atoms with van der Waals surface area (Å²) in [7, 11) is 0. The lowest BCUT2D eigenvalue weighted by atomic mass is 9.78. The molecule has 1 N–H and O–H groups in total. The van der Waals surface area contributed by atoms with Gasteiger partial charge in [-0.15, -0.1) is 12.3 Å². The second-order valence-corrected chi connectivity index (χ2v) is 9.83. The average Bonchev–Trinajstić information content (AvgIpc) is 3.60. The zero-order chi connectivity index (χ0) is 23.1. The Morgan fingerprint density at radius 2 is 2.03 bits per heavy atom. The SMILES string of the molecule is C#CCCCO/N=C1/[C@H]2CCn3c(=O)n([C@@H](CC)C4CCCCC4)c(=O)n3[C@H]2[C@H](O)[C@@H]2O[C@H]12. The molecule has 0 spiro atoms. The molecule has 1 aromatic heterocycles. The van der Waals surface area contributed by atoms with Crippen molar-refractivity contribution in [1.82, 2.24) is 13.9 Å².